The number of nitrogens with one attached hydrogen (secondary N) is 2. The van der Waals surface area contributed by atoms with Crippen LogP contribution >= 0.6 is 0 Å². The van der Waals surface area contributed by atoms with Crippen molar-refractivity contribution in [1.29, 1.82) is 0 Å². The first-order valence-corrected chi connectivity index (χ1v) is 8.35. The summed E-state index contributed by atoms with van der Waals surface area (Å²) in [5.74, 6) is -0.553. The molecule has 3 aromatic rings. The second-order valence-corrected chi connectivity index (χ2v) is 5.80. The average molecular weight is 358 g/mol. The van der Waals surface area contributed by atoms with Gasteiger partial charge in [0.15, 0.2) is 0 Å². The number of hydrogen-bond acceptors (Lipinski definition) is 4. The number of rotatable bonds is 5. The molecule has 1 aromatic heterocycles. The molecule has 2 aromatic carbocycles. The number of hydrazone groups is 1. The molecule has 0 unspecified atom stereocenters. The third-order valence-corrected chi connectivity index (χ3v) is 3.71. The van der Waals surface area contributed by atoms with Crippen LogP contribution in [0.5, 0.6) is 0 Å². The number of nitrogens with zero attached hydrogens (tertiary/aromatic N) is 2. The molecule has 0 fully saturated rings. The van der Waals surface area contributed by atoms with Crippen molar-refractivity contribution < 1.29 is 9.59 Å². The van der Waals surface area contributed by atoms with Crippen LogP contribution in [0.1, 0.15) is 32.1 Å². The van der Waals surface area contributed by atoms with Crippen LogP contribution < -0.4 is 10.7 Å². The summed E-state index contributed by atoms with van der Waals surface area (Å²) in [5, 5.41) is 6.70. The van der Waals surface area contributed by atoms with Gasteiger partial charge in [-0.25, -0.2) is 5.43 Å². The summed E-state index contributed by atoms with van der Waals surface area (Å²) in [4.78, 5) is 28.5. The Hall–Kier alpha value is -3.80. The van der Waals surface area contributed by atoms with E-state index in [2.05, 4.69) is 20.8 Å². The summed E-state index contributed by atoms with van der Waals surface area (Å²) in [5.41, 5.74) is 5.60. The minimum Gasteiger partial charge on any atom is -0.322 e. The van der Waals surface area contributed by atoms with Gasteiger partial charge in [-0.2, -0.15) is 5.10 Å². The Morgan fingerprint density at radius 2 is 1.56 bits per heavy atom. The number of amides is 2. The molecule has 3 rings (SSSR count). The zero-order chi connectivity index (χ0) is 19.1. The Morgan fingerprint density at radius 1 is 0.852 bits per heavy atom. The Morgan fingerprint density at radius 3 is 2.26 bits per heavy atom. The minimum atomic E-state index is -0.347. The van der Waals surface area contributed by atoms with E-state index in [4.69, 9.17) is 0 Å². The van der Waals surface area contributed by atoms with Crippen molar-refractivity contribution in [1.82, 2.24) is 10.4 Å². The SMILES string of the molecule is Cc1cccc(/C=N\NC(=O)c2ccc(NC(=O)c3ccccc3)cc2)n1. The molecule has 0 radical (unpaired) electrons. The molecule has 0 spiro atoms. The molecular formula is C21H18N4O2. The normalized spacial score (nSPS) is 10.6. The fourth-order valence-electron chi connectivity index (χ4n) is 2.36. The maximum atomic E-state index is 12.1. The van der Waals surface area contributed by atoms with Crippen LogP contribution in [0.2, 0.25) is 0 Å². The van der Waals surface area contributed by atoms with Crippen LogP contribution in [0.25, 0.3) is 0 Å². The third-order valence-electron chi connectivity index (χ3n) is 3.71. The second kappa shape index (κ2) is 8.53. The Labute approximate surface area is 157 Å². The van der Waals surface area contributed by atoms with Crippen molar-refractivity contribution in [2.24, 2.45) is 5.10 Å². The predicted molar refractivity (Wildman–Crippen MR) is 105 cm³/mol. The lowest BCUT2D eigenvalue weighted by Gasteiger charge is -2.06. The lowest BCUT2D eigenvalue weighted by Crippen LogP contribution is -2.18. The van der Waals surface area contributed by atoms with E-state index in [1.165, 1.54) is 6.21 Å². The molecule has 0 saturated carbocycles. The second-order valence-electron chi connectivity index (χ2n) is 5.80. The first-order valence-electron chi connectivity index (χ1n) is 8.35. The van der Waals surface area contributed by atoms with E-state index in [-0.39, 0.29) is 11.8 Å². The molecule has 0 aliphatic rings. The van der Waals surface area contributed by atoms with Gasteiger partial charge in [0, 0.05) is 22.5 Å². The van der Waals surface area contributed by atoms with Crippen LogP contribution in [-0.2, 0) is 0 Å². The number of anilines is 1. The summed E-state index contributed by atoms with van der Waals surface area (Å²) in [6.45, 7) is 1.88. The molecule has 27 heavy (non-hydrogen) atoms. The molecule has 0 aliphatic carbocycles. The zero-order valence-corrected chi connectivity index (χ0v) is 14.7. The monoisotopic (exact) mass is 358 g/mol. The number of benzene rings is 2. The number of hydrogen-bond donors (Lipinski definition) is 2. The van der Waals surface area contributed by atoms with E-state index < -0.39 is 0 Å². The van der Waals surface area contributed by atoms with Gasteiger partial charge in [-0.3, -0.25) is 14.6 Å². The first kappa shape index (κ1) is 18.0. The lowest BCUT2D eigenvalue weighted by molar-refractivity contribution is 0.0954. The van der Waals surface area contributed by atoms with Gasteiger partial charge in [0.05, 0.1) is 11.9 Å². The van der Waals surface area contributed by atoms with Crippen LogP contribution in [-0.4, -0.2) is 23.0 Å². The van der Waals surface area contributed by atoms with Crippen molar-refractivity contribution in [3.63, 3.8) is 0 Å². The quantitative estimate of drug-likeness (QED) is 0.541. The van der Waals surface area contributed by atoms with Crippen LogP contribution in [0.4, 0.5) is 5.69 Å². The standard InChI is InChI=1S/C21H18N4O2/c1-15-6-5-9-19(23-15)14-22-25-21(27)17-10-12-18(13-11-17)24-20(26)16-7-3-2-4-8-16/h2-14H,1H3,(H,24,26)(H,25,27)/b22-14-. The molecule has 2 amide bonds. The minimum absolute atomic E-state index is 0.206. The molecule has 134 valence electrons. The number of aromatic nitrogens is 1. The molecule has 0 saturated heterocycles. The summed E-state index contributed by atoms with van der Waals surface area (Å²) in [6, 6.07) is 21.0. The van der Waals surface area contributed by atoms with Crippen molar-refractivity contribution in [2.75, 3.05) is 5.32 Å². The molecule has 0 atom stereocenters. The van der Waals surface area contributed by atoms with Crippen LogP contribution in [0, 0.1) is 6.92 Å². The predicted octanol–water partition coefficient (Wildman–Crippen LogP) is 3.41. The van der Waals surface area contributed by atoms with Crippen molar-refractivity contribution in [3.05, 3.63) is 95.3 Å². The average Bonchev–Trinajstić information content (AvgIpc) is 2.69. The van der Waals surface area contributed by atoms with Gasteiger partial charge in [0.2, 0.25) is 0 Å². The number of aryl methyl sites for hydroxylation is 1. The highest BCUT2D eigenvalue weighted by Crippen LogP contribution is 2.11. The highest BCUT2D eigenvalue weighted by atomic mass is 16.2. The number of carbonyl (C=O) groups is 2. The van der Waals surface area contributed by atoms with Gasteiger partial charge < -0.3 is 5.32 Å². The molecule has 1 heterocycles. The summed E-state index contributed by atoms with van der Waals surface area (Å²) < 4.78 is 0. The first-order chi connectivity index (χ1) is 13.1. The highest BCUT2D eigenvalue weighted by Gasteiger charge is 2.07. The number of carbonyl (C=O) groups excluding carboxylic acids is 2. The molecule has 2 N–H and O–H groups in total. The topological polar surface area (TPSA) is 83.5 Å². The maximum absolute atomic E-state index is 12.1. The Bertz CT molecular complexity index is 967. The molecule has 6 nitrogen and oxygen atoms in total. The van der Waals surface area contributed by atoms with Gasteiger partial charge in [0.1, 0.15) is 0 Å². The van der Waals surface area contributed by atoms with E-state index in [1.807, 2.05) is 25.1 Å². The largest absolute Gasteiger partial charge is 0.322 e. The number of pyridine rings is 1. The van der Waals surface area contributed by atoms with E-state index in [9.17, 15) is 9.59 Å². The van der Waals surface area contributed by atoms with E-state index in [0.717, 1.165) is 5.69 Å². The van der Waals surface area contributed by atoms with E-state index in [1.54, 1.807) is 54.6 Å². The summed E-state index contributed by atoms with van der Waals surface area (Å²) >= 11 is 0. The molecule has 0 bridgehead atoms. The maximum Gasteiger partial charge on any atom is 0.271 e. The Balaban J connectivity index is 1.58. The van der Waals surface area contributed by atoms with Gasteiger partial charge in [-0.1, -0.05) is 24.3 Å². The van der Waals surface area contributed by atoms with Crippen molar-refractivity contribution in [3.8, 4) is 0 Å². The van der Waals surface area contributed by atoms with Crippen molar-refractivity contribution >= 4 is 23.7 Å². The lowest BCUT2D eigenvalue weighted by atomic mass is 10.2. The van der Waals surface area contributed by atoms with Gasteiger partial charge in [-0.15, -0.1) is 0 Å². The van der Waals surface area contributed by atoms with E-state index >= 15 is 0 Å². The van der Waals surface area contributed by atoms with Gasteiger partial charge in [0.25, 0.3) is 11.8 Å². The fourth-order valence-corrected chi connectivity index (χ4v) is 2.36. The molecular weight excluding hydrogens is 340 g/mol. The highest BCUT2D eigenvalue weighted by molar-refractivity contribution is 6.04. The molecule has 0 aliphatic heterocycles. The zero-order valence-electron chi connectivity index (χ0n) is 14.7. The van der Waals surface area contributed by atoms with Crippen LogP contribution in [0.3, 0.4) is 0 Å². The fraction of sp³-hybridized carbons (Fsp3) is 0.0476. The summed E-state index contributed by atoms with van der Waals surface area (Å²) in [6.07, 6.45) is 1.49. The van der Waals surface area contributed by atoms with Crippen LogP contribution in [0.15, 0.2) is 77.9 Å². The van der Waals surface area contributed by atoms with Gasteiger partial charge in [-0.05, 0) is 55.5 Å². The summed E-state index contributed by atoms with van der Waals surface area (Å²) in [7, 11) is 0. The third kappa shape index (κ3) is 5.09. The van der Waals surface area contributed by atoms with Gasteiger partial charge >= 0.3 is 0 Å². The van der Waals surface area contributed by atoms with E-state index in [0.29, 0.717) is 22.5 Å². The Kier molecular flexibility index (Phi) is 5.69. The molecule has 6 heteroatoms. The van der Waals surface area contributed by atoms with Crippen molar-refractivity contribution in [2.45, 2.75) is 6.92 Å². The smallest absolute Gasteiger partial charge is 0.271 e.